The second-order valence-electron chi connectivity index (χ2n) is 4.38. The van der Waals surface area contributed by atoms with Crippen LogP contribution in [0.3, 0.4) is 0 Å². The summed E-state index contributed by atoms with van der Waals surface area (Å²) in [7, 11) is 1.68. The van der Waals surface area contributed by atoms with E-state index < -0.39 is 0 Å². The highest BCUT2D eigenvalue weighted by molar-refractivity contribution is 6.35. The van der Waals surface area contributed by atoms with E-state index in [-0.39, 0.29) is 16.1 Å². The predicted molar refractivity (Wildman–Crippen MR) is 83.2 cm³/mol. The van der Waals surface area contributed by atoms with Gasteiger partial charge in [-0.2, -0.15) is 0 Å². The number of carbonyl (C=O) groups excluding carboxylic acids is 1. The molecule has 1 amide bonds. The van der Waals surface area contributed by atoms with Crippen LogP contribution >= 0.6 is 23.2 Å². The number of rotatable bonds is 5. The lowest BCUT2D eigenvalue weighted by Crippen LogP contribution is -2.31. The quantitative estimate of drug-likeness (QED) is 0.790. The molecule has 2 aromatic rings. The van der Waals surface area contributed by atoms with Crippen LogP contribution in [-0.2, 0) is 0 Å². The molecule has 0 aliphatic rings. The third-order valence-electron chi connectivity index (χ3n) is 2.84. The molecule has 0 N–H and O–H groups in total. The molecule has 4 nitrogen and oxygen atoms in total. The molecule has 1 aromatic heterocycles. The minimum Gasteiger partial charge on any atom is -0.492 e. The Morgan fingerprint density at radius 3 is 2.71 bits per heavy atom. The summed E-state index contributed by atoms with van der Waals surface area (Å²) in [6.07, 6.45) is 1.37. The van der Waals surface area contributed by atoms with E-state index in [1.165, 1.54) is 17.2 Å². The molecule has 0 bridgehead atoms. The molecule has 6 heteroatoms. The Morgan fingerprint density at radius 2 is 2.00 bits per heavy atom. The Balaban J connectivity index is 1.92. The lowest BCUT2D eigenvalue weighted by molar-refractivity contribution is 0.0774. The Labute approximate surface area is 133 Å². The molecule has 0 unspecified atom stereocenters. The largest absolute Gasteiger partial charge is 0.492 e. The zero-order valence-corrected chi connectivity index (χ0v) is 12.9. The van der Waals surface area contributed by atoms with Gasteiger partial charge in [0.1, 0.15) is 17.5 Å². The number of ether oxygens (including phenoxy) is 1. The molecule has 110 valence electrons. The maximum absolute atomic E-state index is 12.3. The van der Waals surface area contributed by atoms with Crippen LogP contribution in [0.5, 0.6) is 5.75 Å². The molecule has 0 saturated carbocycles. The highest BCUT2D eigenvalue weighted by Crippen LogP contribution is 2.19. The molecule has 0 spiro atoms. The van der Waals surface area contributed by atoms with Crippen LogP contribution in [-0.4, -0.2) is 36.0 Å². The van der Waals surface area contributed by atoms with Gasteiger partial charge in [-0.25, -0.2) is 4.98 Å². The Kier molecular flexibility index (Phi) is 5.42. The lowest BCUT2D eigenvalue weighted by Gasteiger charge is -2.18. The molecule has 0 aliphatic carbocycles. The third kappa shape index (κ3) is 4.34. The normalized spacial score (nSPS) is 10.2. The van der Waals surface area contributed by atoms with Gasteiger partial charge in [-0.1, -0.05) is 41.4 Å². The molecule has 0 saturated heterocycles. The Bertz CT molecular complexity index is 620. The van der Waals surface area contributed by atoms with Gasteiger partial charge < -0.3 is 9.64 Å². The highest BCUT2D eigenvalue weighted by atomic mass is 35.5. The molecule has 2 rings (SSSR count). The first-order chi connectivity index (χ1) is 10.1. The fourth-order valence-electron chi connectivity index (χ4n) is 1.70. The summed E-state index contributed by atoms with van der Waals surface area (Å²) in [5, 5.41) is 0.511. The van der Waals surface area contributed by atoms with Gasteiger partial charge in [0, 0.05) is 13.2 Å². The summed E-state index contributed by atoms with van der Waals surface area (Å²) in [5.74, 6) is 0.546. The van der Waals surface area contributed by atoms with Gasteiger partial charge in [-0.05, 0) is 18.2 Å². The summed E-state index contributed by atoms with van der Waals surface area (Å²) < 4.78 is 5.55. The molecule has 1 aromatic carbocycles. The summed E-state index contributed by atoms with van der Waals surface area (Å²) in [6, 6.07) is 10.9. The summed E-state index contributed by atoms with van der Waals surface area (Å²) in [4.78, 5) is 17.6. The molecule has 0 atom stereocenters. The van der Waals surface area contributed by atoms with Crippen LogP contribution in [0.2, 0.25) is 10.2 Å². The van der Waals surface area contributed by atoms with Crippen LogP contribution in [0.4, 0.5) is 0 Å². The van der Waals surface area contributed by atoms with E-state index in [0.29, 0.717) is 18.7 Å². The molecule has 21 heavy (non-hydrogen) atoms. The van der Waals surface area contributed by atoms with E-state index in [1.807, 2.05) is 30.3 Å². The Morgan fingerprint density at radius 1 is 1.29 bits per heavy atom. The van der Waals surface area contributed by atoms with Gasteiger partial charge in [-0.3, -0.25) is 4.79 Å². The van der Waals surface area contributed by atoms with Gasteiger partial charge in [0.2, 0.25) is 0 Å². The Hall–Kier alpha value is -1.78. The number of hydrogen-bond donors (Lipinski definition) is 0. The van der Waals surface area contributed by atoms with E-state index in [0.717, 1.165) is 5.75 Å². The van der Waals surface area contributed by atoms with Crippen molar-refractivity contribution in [2.24, 2.45) is 0 Å². The van der Waals surface area contributed by atoms with E-state index >= 15 is 0 Å². The molecular formula is C15H14Cl2N2O2. The van der Waals surface area contributed by atoms with Crippen molar-refractivity contribution in [1.29, 1.82) is 0 Å². The fraction of sp³-hybridized carbons (Fsp3) is 0.200. The van der Waals surface area contributed by atoms with E-state index in [4.69, 9.17) is 27.9 Å². The van der Waals surface area contributed by atoms with Crippen molar-refractivity contribution in [3.8, 4) is 5.75 Å². The van der Waals surface area contributed by atoms with E-state index in [9.17, 15) is 4.79 Å². The van der Waals surface area contributed by atoms with Gasteiger partial charge in [-0.15, -0.1) is 0 Å². The van der Waals surface area contributed by atoms with Crippen LogP contribution in [0, 0.1) is 0 Å². The predicted octanol–water partition coefficient (Wildman–Crippen LogP) is 3.54. The number of para-hydroxylation sites is 1. The second kappa shape index (κ2) is 7.29. The number of benzene rings is 1. The zero-order valence-electron chi connectivity index (χ0n) is 11.4. The lowest BCUT2D eigenvalue weighted by atomic mass is 10.2. The average Bonchev–Trinajstić information content (AvgIpc) is 2.50. The second-order valence-corrected chi connectivity index (χ2v) is 5.17. The third-order valence-corrected chi connectivity index (χ3v) is 3.35. The van der Waals surface area contributed by atoms with Crippen LogP contribution in [0.1, 0.15) is 10.4 Å². The van der Waals surface area contributed by atoms with Crippen molar-refractivity contribution in [2.75, 3.05) is 20.2 Å². The van der Waals surface area contributed by atoms with Crippen LogP contribution < -0.4 is 4.74 Å². The number of halogens is 2. The zero-order chi connectivity index (χ0) is 15.2. The molecule has 0 aliphatic heterocycles. The highest BCUT2D eigenvalue weighted by Gasteiger charge is 2.16. The maximum Gasteiger partial charge on any atom is 0.255 e. The van der Waals surface area contributed by atoms with E-state index in [1.54, 1.807) is 7.05 Å². The fourth-order valence-corrected chi connectivity index (χ4v) is 2.04. The van der Waals surface area contributed by atoms with Crippen molar-refractivity contribution in [2.45, 2.75) is 0 Å². The number of nitrogens with zero attached hydrogens (tertiary/aromatic N) is 2. The first-order valence-corrected chi connectivity index (χ1v) is 7.08. The molecule has 0 radical (unpaired) electrons. The number of likely N-dealkylation sites (N-methyl/N-ethyl adjacent to an activating group) is 1. The minimum atomic E-state index is -0.221. The smallest absolute Gasteiger partial charge is 0.255 e. The van der Waals surface area contributed by atoms with Crippen molar-refractivity contribution in [3.63, 3.8) is 0 Å². The topological polar surface area (TPSA) is 42.4 Å². The van der Waals surface area contributed by atoms with Gasteiger partial charge in [0.25, 0.3) is 5.91 Å². The maximum atomic E-state index is 12.3. The van der Waals surface area contributed by atoms with Crippen molar-refractivity contribution >= 4 is 29.1 Å². The van der Waals surface area contributed by atoms with Gasteiger partial charge in [0.15, 0.2) is 0 Å². The number of amides is 1. The first-order valence-electron chi connectivity index (χ1n) is 6.32. The average molecular weight is 325 g/mol. The van der Waals surface area contributed by atoms with Crippen LogP contribution in [0.25, 0.3) is 0 Å². The van der Waals surface area contributed by atoms with Crippen molar-refractivity contribution in [3.05, 3.63) is 58.3 Å². The van der Waals surface area contributed by atoms with E-state index in [2.05, 4.69) is 4.98 Å². The number of hydrogen-bond acceptors (Lipinski definition) is 3. The monoisotopic (exact) mass is 324 g/mol. The number of pyridine rings is 1. The SMILES string of the molecule is CN(CCOc1ccccc1)C(=O)c1cc(Cl)ncc1Cl. The van der Waals surface area contributed by atoms with Gasteiger partial charge in [0.05, 0.1) is 17.1 Å². The summed E-state index contributed by atoms with van der Waals surface area (Å²) >= 11 is 11.7. The number of aromatic nitrogens is 1. The summed E-state index contributed by atoms with van der Waals surface area (Å²) in [6.45, 7) is 0.826. The standard InChI is InChI=1S/C15H14Cl2N2O2/c1-19(7-8-21-11-5-3-2-4-6-11)15(20)12-9-14(17)18-10-13(12)16/h2-6,9-10H,7-8H2,1H3. The molecular weight excluding hydrogens is 311 g/mol. The van der Waals surface area contributed by atoms with Crippen molar-refractivity contribution < 1.29 is 9.53 Å². The summed E-state index contributed by atoms with van der Waals surface area (Å²) in [5.41, 5.74) is 0.332. The van der Waals surface area contributed by atoms with Gasteiger partial charge >= 0.3 is 0 Å². The minimum absolute atomic E-state index is 0.221. The number of carbonyl (C=O) groups is 1. The van der Waals surface area contributed by atoms with Crippen LogP contribution in [0.15, 0.2) is 42.6 Å². The van der Waals surface area contributed by atoms with Crippen molar-refractivity contribution in [1.82, 2.24) is 9.88 Å². The molecule has 1 heterocycles. The molecule has 0 fully saturated rings. The first kappa shape index (κ1) is 15.6.